The summed E-state index contributed by atoms with van der Waals surface area (Å²) in [6, 6.07) is 0.549. The van der Waals surface area contributed by atoms with Crippen molar-refractivity contribution >= 4 is 5.95 Å². The molecule has 0 radical (unpaired) electrons. The van der Waals surface area contributed by atoms with E-state index in [9.17, 15) is 0 Å². The Bertz CT molecular complexity index is 328. The van der Waals surface area contributed by atoms with E-state index in [4.69, 9.17) is 0 Å². The lowest BCUT2D eigenvalue weighted by Gasteiger charge is -2.18. The second-order valence-electron chi connectivity index (χ2n) is 5.29. The normalized spacial score (nSPS) is 13.1. The zero-order valence-corrected chi connectivity index (χ0v) is 12.0. The minimum atomic E-state index is 0.549. The highest BCUT2D eigenvalue weighted by atomic mass is 15.2. The van der Waals surface area contributed by atoms with Crippen LogP contribution < -0.4 is 5.32 Å². The molecule has 1 aromatic heterocycles. The third-order valence-electron chi connectivity index (χ3n) is 2.92. The lowest BCUT2D eigenvalue weighted by molar-refractivity contribution is 0.520. The summed E-state index contributed by atoms with van der Waals surface area (Å²) in [4.78, 5) is 4.59. The van der Waals surface area contributed by atoms with Crippen molar-refractivity contribution in [2.24, 2.45) is 5.92 Å². The molecule has 0 fully saturated rings. The summed E-state index contributed by atoms with van der Waals surface area (Å²) in [5, 5.41) is 3.58. The number of nitrogens with one attached hydrogen (secondary N) is 1. The SMILES string of the molecule is CCCC(CC)Nc1nc(C)cn1CC(C)C. The lowest BCUT2D eigenvalue weighted by atomic mass is 10.1. The molecule has 0 saturated heterocycles. The number of rotatable bonds is 7. The molecule has 0 bridgehead atoms. The number of imidazole rings is 1. The Hall–Kier alpha value is -0.990. The number of nitrogens with zero attached hydrogens (tertiary/aromatic N) is 2. The van der Waals surface area contributed by atoms with Gasteiger partial charge in [0.15, 0.2) is 0 Å². The van der Waals surface area contributed by atoms with E-state index in [0.29, 0.717) is 12.0 Å². The summed E-state index contributed by atoms with van der Waals surface area (Å²) in [5.41, 5.74) is 1.10. The van der Waals surface area contributed by atoms with Crippen LogP contribution in [0.4, 0.5) is 5.95 Å². The highest BCUT2D eigenvalue weighted by molar-refractivity contribution is 5.30. The van der Waals surface area contributed by atoms with Gasteiger partial charge in [-0.15, -0.1) is 0 Å². The molecule has 0 aromatic carbocycles. The van der Waals surface area contributed by atoms with Gasteiger partial charge in [-0.2, -0.15) is 0 Å². The molecule has 17 heavy (non-hydrogen) atoms. The van der Waals surface area contributed by atoms with Crippen molar-refractivity contribution in [2.75, 3.05) is 5.32 Å². The summed E-state index contributed by atoms with van der Waals surface area (Å²) in [6.07, 6.45) is 5.72. The zero-order valence-electron chi connectivity index (χ0n) is 12.0. The Labute approximate surface area is 106 Å². The first-order valence-corrected chi connectivity index (χ1v) is 6.87. The van der Waals surface area contributed by atoms with Crippen LogP contribution in [0.1, 0.15) is 52.7 Å². The summed E-state index contributed by atoms with van der Waals surface area (Å²) in [7, 11) is 0. The summed E-state index contributed by atoms with van der Waals surface area (Å²) < 4.78 is 2.25. The molecule has 1 rings (SSSR count). The van der Waals surface area contributed by atoms with Gasteiger partial charge in [-0.05, 0) is 25.7 Å². The van der Waals surface area contributed by atoms with Gasteiger partial charge in [-0.1, -0.05) is 34.1 Å². The first-order valence-electron chi connectivity index (χ1n) is 6.87. The molecule has 1 atom stereocenters. The largest absolute Gasteiger partial charge is 0.353 e. The molecule has 3 heteroatoms. The minimum absolute atomic E-state index is 0.549. The average Bonchev–Trinajstić information content (AvgIpc) is 2.57. The highest BCUT2D eigenvalue weighted by Gasteiger charge is 2.11. The van der Waals surface area contributed by atoms with Gasteiger partial charge in [-0.3, -0.25) is 0 Å². The number of hydrogen-bond acceptors (Lipinski definition) is 2. The fourth-order valence-corrected chi connectivity index (χ4v) is 2.10. The smallest absolute Gasteiger partial charge is 0.203 e. The van der Waals surface area contributed by atoms with Gasteiger partial charge in [-0.25, -0.2) is 4.98 Å². The van der Waals surface area contributed by atoms with Gasteiger partial charge in [0, 0.05) is 18.8 Å². The molecule has 0 aliphatic carbocycles. The molecular weight excluding hydrogens is 210 g/mol. The summed E-state index contributed by atoms with van der Waals surface area (Å²) in [6.45, 7) is 12.0. The van der Waals surface area contributed by atoms with Crippen LogP contribution in [0.3, 0.4) is 0 Å². The minimum Gasteiger partial charge on any atom is -0.353 e. The molecular formula is C14H27N3. The van der Waals surface area contributed by atoms with Crippen LogP contribution in [-0.2, 0) is 6.54 Å². The fourth-order valence-electron chi connectivity index (χ4n) is 2.10. The van der Waals surface area contributed by atoms with E-state index in [1.807, 2.05) is 0 Å². The third kappa shape index (κ3) is 4.41. The summed E-state index contributed by atoms with van der Waals surface area (Å²) >= 11 is 0. The van der Waals surface area contributed by atoms with Crippen molar-refractivity contribution in [2.45, 2.75) is 66.5 Å². The maximum atomic E-state index is 4.59. The fraction of sp³-hybridized carbons (Fsp3) is 0.786. The van der Waals surface area contributed by atoms with Crippen molar-refractivity contribution in [1.82, 2.24) is 9.55 Å². The van der Waals surface area contributed by atoms with Crippen LogP contribution in [0.15, 0.2) is 6.20 Å². The van der Waals surface area contributed by atoms with E-state index >= 15 is 0 Å². The first kappa shape index (κ1) is 14.1. The van der Waals surface area contributed by atoms with Crippen LogP contribution in [0.5, 0.6) is 0 Å². The molecule has 1 heterocycles. The maximum absolute atomic E-state index is 4.59. The molecule has 0 aliphatic heterocycles. The quantitative estimate of drug-likeness (QED) is 0.781. The predicted molar refractivity (Wildman–Crippen MR) is 74.4 cm³/mol. The Morgan fingerprint density at radius 1 is 1.35 bits per heavy atom. The van der Waals surface area contributed by atoms with Gasteiger partial charge >= 0.3 is 0 Å². The predicted octanol–water partition coefficient (Wildman–Crippen LogP) is 3.84. The molecule has 0 amide bonds. The molecule has 98 valence electrons. The highest BCUT2D eigenvalue weighted by Crippen LogP contribution is 2.15. The van der Waals surface area contributed by atoms with E-state index in [-0.39, 0.29) is 0 Å². The molecule has 0 aliphatic rings. The van der Waals surface area contributed by atoms with Gasteiger partial charge in [0.05, 0.1) is 5.69 Å². The van der Waals surface area contributed by atoms with E-state index in [0.717, 1.165) is 24.6 Å². The number of anilines is 1. The Morgan fingerprint density at radius 3 is 2.59 bits per heavy atom. The number of hydrogen-bond donors (Lipinski definition) is 1. The van der Waals surface area contributed by atoms with Gasteiger partial charge in [0.1, 0.15) is 0 Å². The maximum Gasteiger partial charge on any atom is 0.203 e. The number of aryl methyl sites for hydroxylation is 1. The second kappa shape index (κ2) is 6.67. The standard InChI is InChI=1S/C14H27N3/c1-6-8-13(7-2)16-14-15-12(5)10-17(14)9-11(3)4/h10-11,13H,6-9H2,1-5H3,(H,15,16). The zero-order chi connectivity index (χ0) is 12.8. The average molecular weight is 237 g/mol. The van der Waals surface area contributed by atoms with Crippen LogP contribution in [0.2, 0.25) is 0 Å². The van der Waals surface area contributed by atoms with Crippen molar-refractivity contribution < 1.29 is 0 Å². The van der Waals surface area contributed by atoms with Crippen LogP contribution in [-0.4, -0.2) is 15.6 Å². The van der Waals surface area contributed by atoms with Crippen molar-refractivity contribution in [3.63, 3.8) is 0 Å². The monoisotopic (exact) mass is 237 g/mol. The Balaban J connectivity index is 2.74. The molecule has 0 saturated carbocycles. The van der Waals surface area contributed by atoms with Crippen LogP contribution >= 0.6 is 0 Å². The van der Waals surface area contributed by atoms with E-state index in [2.05, 4.69) is 55.7 Å². The van der Waals surface area contributed by atoms with Crippen LogP contribution in [0, 0.1) is 12.8 Å². The first-order chi connectivity index (χ1) is 8.06. The van der Waals surface area contributed by atoms with Crippen molar-refractivity contribution in [3.8, 4) is 0 Å². The van der Waals surface area contributed by atoms with Gasteiger partial charge in [0.2, 0.25) is 5.95 Å². The molecule has 1 N–H and O–H groups in total. The lowest BCUT2D eigenvalue weighted by Crippen LogP contribution is -2.21. The topological polar surface area (TPSA) is 29.9 Å². The Kier molecular flexibility index (Phi) is 5.52. The molecule has 1 unspecified atom stereocenters. The van der Waals surface area contributed by atoms with Gasteiger partial charge in [0.25, 0.3) is 0 Å². The van der Waals surface area contributed by atoms with Crippen LogP contribution in [0.25, 0.3) is 0 Å². The van der Waals surface area contributed by atoms with Gasteiger partial charge < -0.3 is 9.88 Å². The molecule has 3 nitrogen and oxygen atoms in total. The third-order valence-corrected chi connectivity index (χ3v) is 2.92. The van der Waals surface area contributed by atoms with E-state index in [1.165, 1.54) is 12.8 Å². The molecule has 1 aromatic rings. The van der Waals surface area contributed by atoms with E-state index < -0.39 is 0 Å². The Morgan fingerprint density at radius 2 is 2.06 bits per heavy atom. The second-order valence-corrected chi connectivity index (χ2v) is 5.29. The van der Waals surface area contributed by atoms with Crippen molar-refractivity contribution in [3.05, 3.63) is 11.9 Å². The van der Waals surface area contributed by atoms with Crippen molar-refractivity contribution in [1.29, 1.82) is 0 Å². The molecule has 0 spiro atoms. The number of aromatic nitrogens is 2. The summed E-state index contributed by atoms with van der Waals surface area (Å²) in [5.74, 6) is 1.69. The van der Waals surface area contributed by atoms with E-state index in [1.54, 1.807) is 0 Å².